The summed E-state index contributed by atoms with van der Waals surface area (Å²) in [6.07, 6.45) is 2.99. The van der Waals surface area contributed by atoms with Crippen molar-refractivity contribution in [3.8, 4) is 0 Å². The van der Waals surface area contributed by atoms with Crippen LogP contribution in [0.5, 0.6) is 0 Å². The van der Waals surface area contributed by atoms with E-state index in [4.69, 9.17) is 0 Å². The molecule has 1 heteroatoms. The van der Waals surface area contributed by atoms with Crippen LogP contribution >= 0.6 is 0 Å². The fourth-order valence-electron chi connectivity index (χ4n) is 4.34. The predicted octanol–water partition coefficient (Wildman–Crippen LogP) is 2.13. The second-order valence-corrected chi connectivity index (χ2v) is 5.48. The number of hydrogen-bond donors (Lipinski definition) is 1. The Morgan fingerprint density at radius 1 is 1.08 bits per heavy atom. The Bertz CT molecular complexity index is 211. The van der Waals surface area contributed by atoms with Gasteiger partial charge in [-0.1, -0.05) is 20.3 Å². The Balaban J connectivity index is 1.85. The lowest BCUT2D eigenvalue weighted by Gasteiger charge is -2.36. The number of rotatable bonds is 1. The van der Waals surface area contributed by atoms with E-state index in [9.17, 15) is 0 Å². The van der Waals surface area contributed by atoms with E-state index in [-0.39, 0.29) is 0 Å². The fraction of sp³-hybridized carbons (Fsp3) is 1.00. The van der Waals surface area contributed by atoms with Gasteiger partial charge in [-0.25, -0.2) is 0 Å². The molecule has 3 aliphatic rings. The first-order chi connectivity index (χ1) is 6.33. The van der Waals surface area contributed by atoms with E-state index in [0.717, 1.165) is 35.5 Å². The van der Waals surface area contributed by atoms with Crippen LogP contribution in [0.3, 0.4) is 0 Å². The zero-order chi connectivity index (χ0) is 9.00. The molecule has 3 rings (SSSR count). The lowest BCUT2D eigenvalue weighted by atomic mass is 9.68. The van der Waals surface area contributed by atoms with Crippen molar-refractivity contribution in [1.29, 1.82) is 0 Å². The molecule has 6 unspecified atom stereocenters. The highest BCUT2D eigenvalue weighted by Gasteiger charge is 2.56. The molecular weight excluding hydrogens is 158 g/mol. The molecule has 13 heavy (non-hydrogen) atoms. The number of hydrogen-bond acceptors (Lipinski definition) is 1. The molecule has 0 aromatic heterocycles. The standard InChI is InChI=1S/C12H21N/c1-3-8-10-4-9(10)7(2)11-5-13-6-12(8)11/h7-13H,3-6H2,1-2H3. The van der Waals surface area contributed by atoms with Crippen molar-refractivity contribution >= 4 is 0 Å². The van der Waals surface area contributed by atoms with Crippen LogP contribution in [0.4, 0.5) is 0 Å². The van der Waals surface area contributed by atoms with Gasteiger partial charge in [0.1, 0.15) is 0 Å². The highest BCUT2D eigenvalue weighted by atomic mass is 14.9. The number of nitrogens with one attached hydrogen (secondary N) is 1. The molecule has 0 amide bonds. The van der Waals surface area contributed by atoms with E-state index in [1.54, 1.807) is 6.42 Å². The van der Waals surface area contributed by atoms with Crippen LogP contribution in [-0.4, -0.2) is 13.1 Å². The van der Waals surface area contributed by atoms with Gasteiger partial charge in [0.05, 0.1) is 0 Å². The monoisotopic (exact) mass is 179 g/mol. The minimum Gasteiger partial charge on any atom is -0.316 e. The molecule has 0 spiro atoms. The van der Waals surface area contributed by atoms with E-state index >= 15 is 0 Å². The Hall–Kier alpha value is -0.0400. The first-order valence-electron chi connectivity index (χ1n) is 6.03. The average molecular weight is 179 g/mol. The zero-order valence-electron chi connectivity index (χ0n) is 8.79. The maximum atomic E-state index is 3.60. The van der Waals surface area contributed by atoms with Gasteiger partial charge in [-0.15, -0.1) is 0 Å². The summed E-state index contributed by atoms with van der Waals surface area (Å²) in [5, 5.41) is 3.60. The minimum atomic E-state index is 1.02. The van der Waals surface area contributed by atoms with Gasteiger partial charge in [0.25, 0.3) is 0 Å². The fourth-order valence-corrected chi connectivity index (χ4v) is 4.34. The van der Waals surface area contributed by atoms with Crippen molar-refractivity contribution in [2.24, 2.45) is 35.5 Å². The summed E-state index contributed by atoms with van der Waals surface area (Å²) < 4.78 is 0. The summed E-state index contributed by atoms with van der Waals surface area (Å²) in [6.45, 7) is 7.52. The van der Waals surface area contributed by atoms with Crippen molar-refractivity contribution < 1.29 is 0 Å². The van der Waals surface area contributed by atoms with Crippen LogP contribution in [0.1, 0.15) is 26.7 Å². The smallest absolute Gasteiger partial charge is 0.00144 e. The average Bonchev–Trinajstić information content (AvgIpc) is 2.76. The third-order valence-electron chi connectivity index (χ3n) is 5.12. The zero-order valence-corrected chi connectivity index (χ0v) is 8.79. The molecule has 0 radical (unpaired) electrons. The van der Waals surface area contributed by atoms with Gasteiger partial charge in [-0.2, -0.15) is 0 Å². The molecule has 1 aliphatic heterocycles. The molecule has 1 saturated heterocycles. The van der Waals surface area contributed by atoms with Crippen LogP contribution in [0.25, 0.3) is 0 Å². The van der Waals surface area contributed by atoms with Crippen molar-refractivity contribution in [3.63, 3.8) is 0 Å². The van der Waals surface area contributed by atoms with Crippen LogP contribution < -0.4 is 5.32 Å². The molecule has 2 saturated carbocycles. The lowest BCUT2D eigenvalue weighted by molar-refractivity contribution is 0.126. The lowest BCUT2D eigenvalue weighted by Crippen LogP contribution is -2.34. The van der Waals surface area contributed by atoms with Crippen LogP contribution in [-0.2, 0) is 0 Å². The van der Waals surface area contributed by atoms with Gasteiger partial charge < -0.3 is 5.32 Å². The summed E-state index contributed by atoms with van der Waals surface area (Å²) in [6, 6.07) is 0. The molecule has 0 aromatic rings. The predicted molar refractivity (Wildman–Crippen MR) is 54.4 cm³/mol. The van der Waals surface area contributed by atoms with E-state index in [1.165, 1.54) is 19.5 Å². The summed E-state index contributed by atoms with van der Waals surface area (Å²) in [5.74, 6) is 6.39. The van der Waals surface area contributed by atoms with Crippen molar-refractivity contribution in [1.82, 2.24) is 5.32 Å². The van der Waals surface area contributed by atoms with Crippen molar-refractivity contribution in [2.75, 3.05) is 13.1 Å². The van der Waals surface area contributed by atoms with Gasteiger partial charge in [0.2, 0.25) is 0 Å². The Morgan fingerprint density at radius 3 is 2.62 bits per heavy atom. The third kappa shape index (κ3) is 1.03. The van der Waals surface area contributed by atoms with Crippen LogP contribution in [0, 0.1) is 35.5 Å². The topological polar surface area (TPSA) is 12.0 Å². The van der Waals surface area contributed by atoms with E-state index in [2.05, 4.69) is 19.2 Å². The molecule has 0 bridgehead atoms. The molecule has 0 aromatic carbocycles. The molecule has 3 fully saturated rings. The maximum absolute atomic E-state index is 3.60. The summed E-state index contributed by atoms with van der Waals surface area (Å²) in [5.41, 5.74) is 0. The third-order valence-corrected chi connectivity index (χ3v) is 5.12. The quantitative estimate of drug-likeness (QED) is 0.650. The van der Waals surface area contributed by atoms with Crippen LogP contribution in [0.15, 0.2) is 0 Å². The number of fused-ring (bicyclic) bond motifs is 2. The molecule has 2 aliphatic carbocycles. The van der Waals surface area contributed by atoms with E-state index < -0.39 is 0 Å². The molecule has 1 heterocycles. The first kappa shape index (κ1) is 8.28. The normalized spacial score (nSPS) is 58.6. The summed E-state index contributed by atoms with van der Waals surface area (Å²) >= 11 is 0. The van der Waals surface area contributed by atoms with Gasteiger partial charge in [0.15, 0.2) is 0 Å². The minimum absolute atomic E-state index is 1.02. The van der Waals surface area contributed by atoms with E-state index in [1.807, 2.05) is 0 Å². The maximum Gasteiger partial charge on any atom is -0.00144 e. The molecule has 6 atom stereocenters. The first-order valence-corrected chi connectivity index (χ1v) is 6.03. The van der Waals surface area contributed by atoms with Gasteiger partial charge in [-0.3, -0.25) is 0 Å². The van der Waals surface area contributed by atoms with Crippen molar-refractivity contribution in [2.45, 2.75) is 26.7 Å². The van der Waals surface area contributed by atoms with E-state index in [0.29, 0.717) is 0 Å². The highest BCUT2D eigenvalue weighted by molar-refractivity contribution is 5.06. The summed E-state index contributed by atoms with van der Waals surface area (Å²) in [7, 11) is 0. The molecule has 74 valence electrons. The largest absolute Gasteiger partial charge is 0.316 e. The van der Waals surface area contributed by atoms with Crippen molar-refractivity contribution in [3.05, 3.63) is 0 Å². The Morgan fingerprint density at radius 2 is 1.85 bits per heavy atom. The second-order valence-electron chi connectivity index (χ2n) is 5.48. The van der Waals surface area contributed by atoms with Gasteiger partial charge in [0, 0.05) is 0 Å². The van der Waals surface area contributed by atoms with Crippen LogP contribution in [0.2, 0.25) is 0 Å². The molecular formula is C12H21N. The van der Waals surface area contributed by atoms with Gasteiger partial charge >= 0.3 is 0 Å². The highest BCUT2D eigenvalue weighted by Crippen LogP contribution is 2.61. The molecule has 1 N–H and O–H groups in total. The Kier molecular flexibility index (Phi) is 1.74. The van der Waals surface area contributed by atoms with Gasteiger partial charge in [-0.05, 0) is 55.0 Å². The summed E-state index contributed by atoms with van der Waals surface area (Å²) in [4.78, 5) is 0. The molecule has 1 nitrogen and oxygen atoms in total. The second kappa shape index (κ2) is 2.73. The Labute approximate surface area is 81.3 Å². The SMILES string of the molecule is CCC1C2CNCC2C(C)C2CC21.